The fourth-order valence-electron chi connectivity index (χ4n) is 3.96. The Kier molecular flexibility index (Phi) is 7.77. The normalized spacial score (nSPS) is 15.0. The van der Waals surface area contributed by atoms with Crippen LogP contribution in [0.1, 0.15) is 61.0 Å². The van der Waals surface area contributed by atoms with Crippen LogP contribution in [0.2, 0.25) is 0 Å². The second-order valence-electron chi connectivity index (χ2n) is 8.10. The monoisotopic (exact) mass is 433 g/mol. The molecular formula is C26H31N3O3. The van der Waals surface area contributed by atoms with Crippen LogP contribution in [-0.2, 0) is 17.6 Å². The number of benzene rings is 2. The van der Waals surface area contributed by atoms with E-state index in [0.717, 1.165) is 24.0 Å². The summed E-state index contributed by atoms with van der Waals surface area (Å²) in [7, 11) is 3.17. The van der Waals surface area contributed by atoms with Crippen molar-refractivity contribution >= 4 is 5.91 Å². The van der Waals surface area contributed by atoms with E-state index < -0.39 is 5.91 Å². The highest BCUT2D eigenvalue weighted by Crippen LogP contribution is 2.30. The summed E-state index contributed by atoms with van der Waals surface area (Å²) in [5.74, 6) is 0.872. The van der Waals surface area contributed by atoms with Crippen molar-refractivity contribution in [2.24, 2.45) is 0 Å². The van der Waals surface area contributed by atoms with E-state index in [9.17, 15) is 10.1 Å². The van der Waals surface area contributed by atoms with Crippen LogP contribution >= 0.6 is 0 Å². The van der Waals surface area contributed by atoms with E-state index in [1.165, 1.54) is 30.2 Å². The molecule has 1 amide bonds. The summed E-state index contributed by atoms with van der Waals surface area (Å²) in [4.78, 5) is 12.7. The Morgan fingerprint density at radius 3 is 2.31 bits per heavy atom. The lowest BCUT2D eigenvalue weighted by molar-refractivity contribution is -0.117. The molecule has 1 aliphatic carbocycles. The second-order valence-corrected chi connectivity index (χ2v) is 8.10. The molecule has 6 heteroatoms. The number of fused-ring (bicyclic) bond motifs is 1. The minimum Gasteiger partial charge on any atom is -0.493 e. The zero-order valence-electron chi connectivity index (χ0n) is 19.2. The molecule has 2 atom stereocenters. The van der Waals surface area contributed by atoms with Crippen LogP contribution in [0.4, 0.5) is 0 Å². The SMILES string of the molecule is COc1ccc(C(C)N/C=C(/C#N)C(=O)NC(C)c2ccc3c(c2)CCCC3)cc1OC. The van der Waals surface area contributed by atoms with Gasteiger partial charge < -0.3 is 20.1 Å². The van der Waals surface area contributed by atoms with E-state index in [2.05, 4.69) is 28.8 Å². The summed E-state index contributed by atoms with van der Waals surface area (Å²) in [6.07, 6.45) is 6.13. The number of hydrogen-bond donors (Lipinski definition) is 2. The number of hydrogen-bond acceptors (Lipinski definition) is 5. The number of nitriles is 1. The van der Waals surface area contributed by atoms with Gasteiger partial charge in [0.05, 0.1) is 20.3 Å². The molecule has 1 aliphatic rings. The molecule has 0 aromatic heterocycles. The van der Waals surface area contributed by atoms with Crippen LogP contribution < -0.4 is 20.1 Å². The maximum absolute atomic E-state index is 12.7. The smallest absolute Gasteiger partial charge is 0.263 e. The van der Waals surface area contributed by atoms with Gasteiger partial charge in [0.2, 0.25) is 0 Å². The number of carbonyl (C=O) groups excluding carboxylic acids is 1. The Morgan fingerprint density at radius 2 is 1.62 bits per heavy atom. The number of nitrogens with one attached hydrogen (secondary N) is 2. The molecule has 6 nitrogen and oxygen atoms in total. The molecule has 3 rings (SSSR count). The van der Waals surface area contributed by atoms with Crippen molar-refractivity contribution in [3.63, 3.8) is 0 Å². The van der Waals surface area contributed by atoms with Gasteiger partial charge in [-0.1, -0.05) is 24.3 Å². The summed E-state index contributed by atoms with van der Waals surface area (Å²) < 4.78 is 10.6. The van der Waals surface area contributed by atoms with Crippen molar-refractivity contribution in [3.8, 4) is 17.6 Å². The molecule has 0 heterocycles. The lowest BCUT2D eigenvalue weighted by Crippen LogP contribution is -2.29. The van der Waals surface area contributed by atoms with Gasteiger partial charge in [0.15, 0.2) is 11.5 Å². The summed E-state index contributed by atoms with van der Waals surface area (Å²) in [5, 5.41) is 15.6. The predicted molar refractivity (Wildman–Crippen MR) is 124 cm³/mol. The lowest BCUT2D eigenvalue weighted by atomic mass is 9.89. The number of nitrogens with zero attached hydrogens (tertiary/aromatic N) is 1. The first-order valence-electron chi connectivity index (χ1n) is 11.0. The molecule has 0 spiro atoms. The van der Waals surface area contributed by atoms with Crippen LogP contribution in [0.5, 0.6) is 11.5 Å². The van der Waals surface area contributed by atoms with E-state index in [4.69, 9.17) is 9.47 Å². The van der Waals surface area contributed by atoms with Crippen LogP contribution in [0.25, 0.3) is 0 Å². The zero-order valence-corrected chi connectivity index (χ0v) is 19.2. The average molecular weight is 434 g/mol. The predicted octanol–water partition coefficient (Wildman–Crippen LogP) is 4.52. The van der Waals surface area contributed by atoms with E-state index in [1.54, 1.807) is 14.2 Å². The molecule has 2 unspecified atom stereocenters. The molecule has 0 radical (unpaired) electrons. The highest BCUT2D eigenvalue weighted by Gasteiger charge is 2.17. The number of methoxy groups -OCH3 is 2. The highest BCUT2D eigenvalue weighted by atomic mass is 16.5. The van der Waals surface area contributed by atoms with Crippen molar-refractivity contribution in [2.45, 2.75) is 51.6 Å². The van der Waals surface area contributed by atoms with Gasteiger partial charge in [0.25, 0.3) is 5.91 Å². The summed E-state index contributed by atoms with van der Waals surface area (Å²) >= 11 is 0. The molecule has 2 N–H and O–H groups in total. The Morgan fingerprint density at radius 1 is 0.969 bits per heavy atom. The molecule has 32 heavy (non-hydrogen) atoms. The Bertz CT molecular complexity index is 1040. The van der Waals surface area contributed by atoms with Gasteiger partial charge in [-0.25, -0.2) is 0 Å². The zero-order chi connectivity index (χ0) is 23.1. The van der Waals surface area contributed by atoms with Gasteiger partial charge in [-0.2, -0.15) is 5.26 Å². The maximum Gasteiger partial charge on any atom is 0.263 e. The first-order valence-corrected chi connectivity index (χ1v) is 11.0. The Balaban J connectivity index is 1.65. The molecule has 2 aromatic carbocycles. The van der Waals surface area contributed by atoms with Gasteiger partial charge in [0, 0.05) is 12.2 Å². The molecule has 0 bridgehead atoms. The summed E-state index contributed by atoms with van der Waals surface area (Å²) in [6.45, 7) is 3.89. The third kappa shape index (κ3) is 5.42. The van der Waals surface area contributed by atoms with Gasteiger partial charge in [0.1, 0.15) is 11.6 Å². The first kappa shape index (κ1) is 23.2. The minimum atomic E-state index is -0.398. The van der Waals surface area contributed by atoms with E-state index in [-0.39, 0.29) is 17.7 Å². The molecule has 0 saturated carbocycles. The summed E-state index contributed by atoms with van der Waals surface area (Å²) in [5.41, 5.74) is 4.81. The van der Waals surface area contributed by atoms with Crippen molar-refractivity contribution in [1.29, 1.82) is 5.26 Å². The second kappa shape index (κ2) is 10.7. The number of rotatable bonds is 8. The van der Waals surface area contributed by atoms with E-state index >= 15 is 0 Å². The molecular weight excluding hydrogens is 402 g/mol. The van der Waals surface area contributed by atoms with Crippen molar-refractivity contribution in [1.82, 2.24) is 10.6 Å². The van der Waals surface area contributed by atoms with Crippen LogP contribution in [0.15, 0.2) is 48.2 Å². The van der Waals surface area contributed by atoms with Crippen molar-refractivity contribution in [2.75, 3.05) is 14.2 Å². The molecule has 0 fully saturated rings. The summed E-state index contributed by atoms with van der Waals surface area (Å²) in [6, 6.07) is 13.7. The quantitative estimate of drug-likeness (QED) is 0.472. The molecule has 168 valence electrons. The van der Waals surface area contributed by atoms with Gasteiger partial charge in [-0.15, -0.1) is 0 Å². The number of amides is 1. The van der Waals surface area contributed by atoms with Gasteiger partial charge in [-0.05, 0) is 73.9 Å². The number of aryl methyl sites for hydroxylation is 2. The van der Waals surface area contributed by atoms with Gasteiger partial charge in [-0.3, -0.25) is 4.79 Å². The van der Waals surface area contributed by atoms with Crippen LogP contribution in [-0.4, -0.2) is 20.1 Å². The maximum atomic E-state index is 12.7. The topological polar surface area (TPSA) is 83.4 Å². The van der Waals surface area contributed by atoms with Crippen LogP contribution in [0, 0.1) is 11.3 Å². The minimum absolute atomic E-state index is 0.0298. The molecule has 0 saturated heterocycles. The third-order valence-electron chi connectivity index (χ3n) is 5.97. The largest absolute Gasteiger partial charge is 0.493 e. The number of ether oxygens (including phenoxy) is 2. The lowest BCUT2D eigenvalue weighted by Gasteiger charge is -2.20. The fourth-order valence-corrected chi connectivity index (χ4v) is 3.96. The Hall–Kier alpha value is -3.46. The van der Waals surface area contributed by atoms with Crippen molar-refractivity contribution in [3.05, 3.63) is 70.4 Å². The van der Waals surface area contributed by atoms with E-state index in [0.29, 0.717) is 11.5 Å². The fraction of sp³-hybridized carbons (Fsp3) is 0.385. The van der Waals surface area contributed by atoms with Crippen LogP contribution in [0.3, 0.4) is 0 Å². The average Bonchev–Trinajstić information content (AvgIpc) is 2.83. The number of carbonyl (C=O) groups is 1. The highest BCUT2D eigenvalue weighted by molar-refractivity contribution is 5.97. The first-order chi connectivity index (χ1) is 15.5. The standard InChI is InChI=1S/C26H31N3O3/c1-17(21-11-12-24(31-3)25(14-21)32-4)28-16-23(15-27)26(30)29-18(2)20-10-9-19-7-5-6-8-22(19)13-20/h9-14,16-18,28H,5-8H2,1-4H3,(H,29,30)/b23-16-. The molecule has 2 aromatic rings. The third-order valence-corrected chi connectivity index (χ3v) is 5.97. The Labute approximate surface area is 190 Å². The van der Waals surface area contributed by atoms with Crippen molar-refractivity contribution < 1.29 is 14.3 Å². The van der Waals surface area contributed by atoms with E-state index in [1.807, 2.05) is 38.1 Å². The van der Waals surface area contributed by atoms with Gasteiger partial charge >= 0.3 is 0 Å². The molecule has 0 aliphatic heterocycles.